The van der Waals surface area contributed by atoms with E-state index in [1.807, 2.05) is 0 Å². The van der Waals surface area contributed by atoms with Crippen molar-refractivity contribution in [3.8, 4) is 0 Å². The minimum atomic E-state index is -5.26. The molecule has 0 N–H and O–H groups in total. The number of benzene rings is 2. The fraction of sp³-hybridized carbons (Fsp3) is 0.200. The van der Waals surface area contributed by atoms with Crippen molar-refractivity contribution in [2.24, 2.45) is 0 Å². The molecule has 0 saturated carbocycles. The summed E-state index contributed by atoms with van der Waals surface area (Å²) in [5.41, 5.74) is -3.80. The molecule has 0 fully saturated rings. The Morgan fingerprint density at radius 3 is 1.78 bits per heavy atom. The van der Waals surface area contributed by atoms with Crippen molar-refractivity contribution in [1.82, 2.24) is 0 Å². The van der Waals surface area contributed by atoms with Gasteiger partial charge < -0.3 is 0 Å². The molecule has 0 spiro atoms. The van der Waals surface area contributed by atoms with E-state index in [9.17, 15) is 21.6 Å². The van der Waals surface area contributed by atoms with E-state index in [0.29, 0.717) is 10.6 Å². The third-order valence-corrected chi connectivity index (χ3v) is 5.32. The summed E-state index contributed by atoms with van der Waals surface area (Å²) in [5.74, 6) is -1.09. The van der Waals surface area contributed by atoms with Gasteiger partial charge in [-0.15, -0.1) is 11.6 Å². The molecule has 0 radical (unpaired) electrons. The SMILES string of the molecule is O=S(=O)(Cc1ccc(C(Cl)c2ccc(Cl)cc2)cc1)C(F)(F)F. The fourth-order valence-corrected chi connectivity index (χ4v) is 3.12. The van der Waals surface area contributed by atoms with Crippen LogP contribution in [0.5, 0.6) is 0 Å². The predicted octanol–water partition coefficient (Wildman–Crippen LogP) is 5.10. The first-order valence-corrected chi connectivity index (χ1v) is 8.84. The quantitative estimate of drug-likeness (QED) is 0.689. The highest BCUT2D eigenvalue weighted by atomic mass is 35.5. The van der Waals surface area contributed by atoms with Crippen LogP contribution in [0.2, 0.25) is 5.02 Å². The number of hydrogen-bond donors (Lipinski definition) is 0. The summed E-state index contributed by atoms with van der Waals surface area (Å²) in [6.07, 6.45) is 0. The highest BCUT2D eigenvalue weighted by Gasteiger charge is 2.45. The lowest BCUT2D eigenvalue weighted by molar-refractivity contribution is -0.0437. The number of halogens is 5. The molecule has 0 bridgehead atoms. The fourth-order valence-electron chi connectivity index (χ4n) is 1.91. The Bertz CT molecular complexity index is 770. The van der Waals surface area contributed by atoms with Crippen LogP contribution in [0.25, 0.3) is 0 Å². The van der Waals surface area contributed by atoms with Crippen LogP contribution in [-0.2, 0) is 15.6 Å². The van der Waals surface area contributed by atoms with Crippen molar-refractivity contribution < 1.29 is 21.6 Å². The maximum atomic E-state index is 12.4. The standard InChI is InChI=1S/C15H11Cl2F3O2S/c16-13-7-5-12(6-8-13)14(17)11-3-1-10(2-4-11)9-23(21,22)15(18,19)20/h1-8,14H,9H2. The van der Waals surface area contributed by atoms with E-state index >= 15 is 0 Å². The molecule has 124 valence electrons. The molecule has 0 amide bonds. The van der Waals surface area contributed by atoms with Crippen molar-refractivity contribution in [2.45, 2.75) is 16.6 Å². The van der Waals surface area contributed by atoms with Crippen molar-refractivity contribution >= 4 is 33.0 Å². The van der Waals surface area contributed by atoms with Gasteiger partial charge >= 0.3 is 5.51 Å². The minimum Gasteiger partial charge on any atom is -0.219 e. The molecule has 1 unspecified atom stereocenters. The molecule has 0 aliphatic heterocycles. The van der Waals surface area contributed by atoms with Crippen LogP contribution >= 0.6 is 23.2 Å². The van der Waals surface area contributed by atoms with Crippen LogP contribution in [0, 0.1) is 0 Å². The van der Waals surface area contributed by atoms with Gasteiger partial charge in [-0.05, 0) is 28.8 Å². The number of rotatable bonds is 4. The molecule has 0 aliphatic carbocycles. The zero-order valence-electron chi connectivity index (χ0n) is 11.5. The van der Waals surface area contributed by atoms with Crippen molar-refractivity contribution in [3.63, 3.8) is 0 Å². The molecule has 2 rings (SSSR count). The van der Waals surface area contributed by atoms with E-state index in [4.69, 9.17) is 23.2 Å². The van der Waals surface area contributed by atoms with Gasteiger partial charge in [-0.2, -0.15) is 13.2 Å². The summed E-state index contributed by atoms with van der Waals surface area (Å²) in [4.78, 5) is 0. The normalized spacial score (nSPS) is 13.8. The van der Waals surface area contributed by atoms with Crippen LogP contribution < -0.4 is 0 Å². The molecule has 0 aliphatic rings. The van der Waals surface area contributed by atoms with Gasteiger partial charge in [-0.25, -0.2) is 8.42 Å². The summed E-state index contributed by atoms with van der Waals surface area (Å²) in [7, 11) is -5.19. The van der Waals surface area contributed by atoms with Crippen LogP contribution in [0.3, 0.4) is 0 Å². The number of hydrogen-bond acceptors (Lipinski definition) is 2. The Labute approximate surface area is 141 Å². The van der Waals surface area contributed by atoms with Gasteiger partial charge in [0, 0.05) is 5.02 Å². The Morgan fingerprint density at radius 1 is 0.913 bits per heavy atom. The molecular formula is C15H11Cl2F3O2S. The Hall–Kier alpha value is -1.24. The van der Waals surface area contributed by atoms with E-state index in [2.05, 4.69) is 0 Å². The van der Waals surface area contributed by atoms with Gasteiger partial charge in [0.1, 0.15) is 0 Å². The average Bonchev–Trinajstić information content (AvgIpc) is 2.46. The van der Waals surface area contributed by atoms with Gasteiger partial charge in [-0.3, -0.25) is 0 Å². The first-order valence-electron chi connectivity index (χ1n) is 6.37. The van der Waals surface area contributed by atoms with Crippen LogP contribution in [0.4, 0.5) is 13.2 Å². The lowest BCUT2D eigenvalue weighted by Crippen LogP contribution is -2.24. The Kier molecular flexibility index (Phi) is 5.28. The number of sulfone groups is 1. The van der Waals surface area contributed by atoms with Gasteiger partial charge in [-0.1, -0.05) is 48.0 Å². The van der Waals surface area contributed by atoms with E-state index in [1.54, 1.807) is 24.3 Å². The molecule has 0 saturated heterocycles. The second-order valence-electron chi connectivity index (χ2n) is 4.86. The third-order valence-electron chi connectivity index (χ3n) is 3.14. The maximum absolute atomic E-state index is 12.4. The van der Waals surface area contributed by atoms with E-state index < -0.39 is 26.5 Å². The molecule has 1 atom stereocenters. The van der Waals surface area contributed by atoms with Gasteiger partial charge in [0.2, 0.25) is 0 Å². The lowest BCUT2D eigenvalue weighted by Gasteiger charge is -2.12. The first kappa shape index (κ1) is 18.1. The summed E-state index contributed by atoms with van der Waals surface area (Å²) in [6.45, 7) is 0. The molecule has 2 nitrogen and oxygen atoms in total. The van der Waals surface area contributed by atoms with Gasteiger partial charge in [0.15, 0.2) is 0 Å². The molecule has 2 aromatic rings. The molecule has 2 aromatic carbocycles. The van der Waals surface area contributed by atoms with Gasteiger partial charge in [0.05, 0.1) is 11.1 Å². The van der Waals surface area contributed by atoms with Crippen molar-refractivity contribution in [2.75, 3.05) is 0 Å². The van der Waals surface area contributed by atoms with Crippen molar-refractivity contribution in [3.05, 3.63) is 70.2 Å². The molecule has 0 aromatic heterocycles. The maximum Gasteiger partial charge on any atom is 0.497 e. The lowest BCUT2D eigenvalue weighted by atomic mass is 10.0. The molecular weight excluding hydrogens is 372 g/mol. The number of alkyl halides is 4. The van der Waals surface area contributed by atoms with Crippen LogP contribution in [0.1, 0.15) is 22.1 Å². The molecule has 0 heterocycles. The monoisotopic (exact) mass is 382 g/mol. The first-order chi connectivity index (χ1) is 10.6. The second-order valence-corrected chi connectivity index (χ2v) is 7.71. The zero-order valence-corrected chi connectivity index (χ0v) is 13.8. The van der Waals surface area contributed by atoms with E-state index in [-0.39, 0.29) is 5.56 Å². The predicted molar refractivity (Wildman–Crippen MR) is 84.3 cm³/mol. The zero-order chi connectivity index (χ0) is 17.3. The molecule has 8 heteroatoms. The van der Waals surface area contributed by atoms with E-state index in [0.717, 1.165) is 5.56 Å². The largest absolute Gasteiger partial charge is 0.497 e. The highest BCUT2D eigenvalue weighted by molar-refractivity contribution is 7.91. The third kappa shape index (κ3) is 4.40. The van der Waals surface area contributed by atoms with E-state index in [1.165, 1.54) is 24.3 Å². The summed E-state index contributed by atoms with van der Waals surface area (Å²) in [5, 5.41) is 0.0471. The Balaban J connectivity index is 2.18. The Morgan fingerprint density at radius 2 is 1.35 bits per heavy atom. The van der Waals surface area contributed by atoms with Crippen LogP contribution in [-0.4, -0.2) is 13.9 Å². The van der Waals surface area contributed by atoms with Gasteiger partial charge in [0.25, 0.3) is 9.84 Å². The minimum absolute atomic E-state index is 0.0473. The topological polar surface area (TPSA) is 34.1 Å². The summed E-state index contributed by atoms with van der Waals surface area (Å²) >= 11 is 12.1. The summed E-state index contributed by atoms with van der Waals surface area (Å²) < 4.78 is 59.3. The average molecular weight is 383 g/mol. The van der Waals surface area contributed by atoms with Crippen LogP contribution in [0.15, 0.2) is 48.5 Å². The second kappa shape index (κ2) is 6.71. The summed E-state index contributed by atoms with van der Waals surface area (Å²) in [6, 6.07) is 12.5. The smallest absolute Gasteiger partial charge is 0.219 e. The highest BCUT2D eigenvalue weighted by Crippen LogP contribution is 2.31. The molecule has 23 heavy (non-hydrogen) atoms. The van der Waals surface area contributed by atoms with Crippen molar-refractivity contribution in [1.29, 1.82) is 0 Å².